The summed E-state index contributed by atoms with van der Waals surface area (Å²) in [6, 6.07) is 4.51. The molecular weight excluding hydrogens is 262 g/mol. The molecule has 21 heavy (non-hydrogen) atoms. The molecule has 0 aromatic carbocycles. The average molecular weight is 289 g/mol. The van der Waals surface area contributed by atoms with Crippen LogP contribution in [0.5, 0.6) is 5.88 Å². The molecule has 2 rings (SSSR count). The molecule has 4 heteroatoms. The summed E-state index contributed by atoms with van der Waals surface area (Å²) in [6.07, 6.45) is 6.41. The number of aromatic nitrogens is 1. The van der Waals surface area contributed by atoms with E-state index in [1.165, 1.54) is 5.57 Å². The van der Waals surface area contributed by atoms with Crippen LogP contribution in [0.25, 0.3) is 0 Å². The quantitative estimate of drug-likeness (QED) is 0.815. The van der Waals surface area contributed by atoms with E-state index in [0.717, 1.165) is 38.2 Å². The third-order valence-electron chi connectivity index (χ3n) is 3.76. The lowest BCUT2D eigenvalue weighted by Gasteiger charge is -2.32. The Morgan fingerprint density at radius 3 is 2.86 bits per heavy atom. The highest BCUT2D eigenvalue weighted by Gasteiger charge is 2.19. The molecule has 1 aromatic heterocycles. The van der Waals surface area contributed by atoms with Crippen molar-refractivity contribution < 1.29 is 4.74 Å². The van der Waals surface area contributed by atoms with Crippen molar-refractivity contribution in [3.05, 3.63) is 30.0 Å². The number of anilines is 1. The van der Waals surface area contributed by atoms with Gasteiger partial charge in [0.25, 0.3) is 0 Å². The van der Waals surface area contributed by atoms with Gasteiger partial charge in [0, 0.05) is 31.9 Å². The Morgan fingerprint density at radius 2 is 2.19 bits per heavy atom. The summed E-state index contributed by atoms with van der Waals surface area (Å²) in [6.45, 7) is 10.3. The number of allylic oxidation sites excluding steroid dienone is 1. The number of hydrogen-bond donors (Lipinski definition) is 1. The Balaban J connectivity index is 1.85. The maximum Gasteiger partial charge on any atom is 0.237 e. The van der Waals surface area contributed by atoms with E-state index in [4.69, 9.17) is 4.74 Å². The fourth-order valence-corrected chi connectivity index (χ4v) is 2.54. The highest BCUT2D eigenvalue weighted by atomic mass is 16.5. The average Bonchev–Trinajstić information content (AvgIpc) is 2.49. The third-order valence-corrected chi connectivity index (χ3v) is 3.76. The molecule has 1 aromatic rings. The second-order valence-corrected chi connectivity index (χ2v) is 5.79. The summed E-state index contributed by atoms with van der Waals surface area (Å²) in [7, 11) is 0. The van der Waals surface area contributed by atoms with Crippen LogP contribution < -0.4 is 10.1 Å². The molecule has 0 amide bonds. The van der Waals surface area contributed by atoms with Gasteiger partial charge >= 0.3 is 0 Å². The van der Waals surface area contributed by atoms with Gasteiger partial charge in [0.2, 0.25) is 5.88 Å². The van der Waals surface area contributed by atoms with Crippen molar-refractivity contribution >= 4 is 5.69 Å². The van der Waals surface area contributed by atoms with E-state index in [0.29, 0.717) is 18.5 Å². The maximum atomic E-state index is 5.57. The molecule has 116 valence electrons. The van der Waals surface area contributed by atoms with Gasteiger partial charge < -0.3 is 10.1 Å². The lowest BCUT2D eigenvalue weighted by molar-refractivity contribution is 0.239. The van der Waals surface area contributed by atoms with Crippen LogP contribution in [0.1, 0.15) is 33.6 Å². The van der Waals surface area contributed by atoms with E-state index >= 15 is 0 Å². The molecule has 1 saturated heterocycles. The van der Waals surface area contributed by atoms with Crippen molar-refractivity contribution in [1.82, 2.24) is 9.88 Å². The van der Waals surface area contributed by atoms with Crippen LogP contribution >= 0.6 is 0 Å². The zero-order valence-corrected chi connectivity index (χ0v) is 13.4. The lowest BCUT2D eigenvalue weighted by Crippen LogP contribution is -2.39. The first-order valence-electron chi connectivity index (χ1n) is 7.89. The van der Waals surface area contributed by atoms with Crippen molar-refractivity contribution in [2.24, 2.45) is 0 Å². The van der Waals surface area contributed by atoms with Gasteiger partial charge in [-0.2, -0.15) is 0 Å². The number of nitrogens with zero attached hydrogens (tertiary/aromatic N) is 2. The maximum absolute atomic E-state index is 5.57. The molecule has 0 atom stereocenters. The summed E-state index contributed by atoms with van der Waals surface area (Å²) < 4.78 is 5.57. The zero-order valence-electron chi connectivity index (χ0n) is 13.4. The van der Waals surface area contributed by atoms with E-state index in [9.17, 15) is 0 Å². The Kier molecular flexibility index (Phi) is 6.05. The van der Waals surface area contributed by atoms with Crippen LogP contribution in [0, 0.1) is 0 Å². The number of pyridine rings is 1. The van der Waals surface area contributed by atoms with E-state index in [1.807, 2.05) is 19.1 Å². The van der Waals surface area contributed by atoms with Gasteiger partial charge in [0.1, 0.15) is 0 Å². The summed E-state index contributed by atoms with van der Waals surface area (Å²) in [5, 5.41) is 3.59. The molecule has 0 aliphatic carbocycles. The topological polar surface area (TPSA) is 37.4 Å². The van der Waals surface area contributed by atoms with Gasteiger partial charge in [-0.05, 0) is 45.7 Å². The van der Waals surface area contributed by atoms with Crippen molar-refractivity contribution in [2.45, 2.75) is 39.7 Å². The fourth-order valence-electron chi connectivity index (χ4n) is 2.54. The molecular formula is C17H27N3O. The van der Waals surface area contributed by atoms with Crippen LogP contribution in [0.3, 0.4) is 0 Å². The zero-order chi connectivity index (χ0) is 15.1. The van der Waals surface area contributed by atoms with Crippen LogP contribution in [0.15, 0.2) is 30.0 Å². The SMILES string of the molecule is CCOc1ncccc1NC1CCN(CC=C(C)C)CC1. The Morgan fingerprint density at radius 1 is 1.43 bits per heavy atom. The Labute approximate surface area is 128 Å². The summed E-state index contributed by atoms with van der Waals surface area (Å²) in [5.74, 6) is 0.715. The van der Waals surface area contributed by atoms with Gasteiger partial charge in [0.15, 0.2) is 0 Å². The highest BCUT2D eigenvalue weighted by molar-refractivity contribution is 5.52. The number of rotatable bonds is 6. The minimum Gasteiger partial charge on any atom is -0.476 e. The van der Waals surface area contributed by atoms with Crippen LogP contribution in [0.4, 0.5) is 5.69 Å². The van der Waals surface area contributed by atoms with Crippen molar-refractivity contribution in [3.63, 3.8) is 0 Å². The summed E-state index contributed by atoms with van der Waals surface area (Å²) in [4.78, 5) is 6.81. The molecule has 0 bridgehead atoms. The molecule has 0 saturated carbocycles. The first-order valence-corrected chi connectivity index (χ1v) is 7.89. The minimum absolute atomic E-state index is 0.511. The van der Waals surface area contributed by atoms with E-state index in [-0.39, 0.29) is 0 Å². The molecule has 4 nitrogen and oxygen atoms in total. The highest BCUT2D eigenvalue weighted by Crippen LogP contribution is 2.24. The molecule has 0 spiro atoms. The second kappa shape index (κ2) is 8.03. The predicted molar refractivity (Wildman–Crippen MR) is 87.9 cm³/mol. The number of hydrogen-bond acceptors (Lipinski definition) is 4. The van der Waals surface area contributed by atoms with Gasteiger partial charge in [0.05, 0.1) is 12.3 Å². The normalized spacial score (nSPS) is 16.5. The number of ether oxygens (including phenoxy) is 1. The molecule has 2 heterocycles. The van der Waals surface area contributed by atoms with Gasteiger partial charge in [-0.25, -0.2) is 4.98 Å². The van der Waals surface area contributed by atoms with E-state index in [1.54, 1.807) is 6.20 Å². The smallest absolute Gasteiger partial charge is 0.237 e. The molecule has 1 aliphatic heterocycles. The van der Waals surface area contributed by atoms with Crippen molar-refractivity contribution in [1.29, 1.82) is 0 Å². The fraction of sp³-hybridized carbons (Fsp3) is 0.588. The molecule has 0 radical (unpaired) electrons. The van der Waals surface area contributed by atoms with Crippen LogP contribution in [-0.4, -0.2) is 42.2 Å². The van der Waals surface area contributed by atoms with Crippen molar-refractivity contribution in [2.75, 3.05) is 31.6 Å². The minimum atomic E-state index is 0.511. The summed E-state index contributed by atoms with van der Waals surface area (Å²) >= 11 is 0. The molecule has 1 N–H and O–H groups in total. The lowest BCUT2D eigenvalue weighted by atomic mass is 10.0. The molecule has 0 unspecified atom stereocenters. The van der Waals surface area contributed by atoms with Gasteiger partial charge in [-0.1, -0.05) is 11.6 Å². The third kappa shape index (κ3) is 5.05. The van der Waals surface area contributed by atoms with Crippen molar-refractivity contribution in [3.8, 4) is 5.88 Å². The van der Waals surface area contributed by atoms with E-state index in [2.05, 4.69) is 35.1 Å². The second-order valence-electron chi connectivity index (χ2n) is 5.79. The predicted octanol–water partition coefficient (Wildman–Crippen LogP) is 3.32. The Hall–Kier alpha value is -1.55. The monoisotopic (exact) mass is 289 g/mol. The standard InChI is InChI=1S/C17H27N3O/c1-4-21-17-16(6-5-10-18-17)19-15-8-12-20(13-9-15)11-7-14(2)3/h5-7,10,15,19H,4,8-9,11-13H2,1-3H3. The number of nitrogens with one attached hydrogen (secondary N) is 1. The van der Waals surface area contributed by atoms with Gasteiger partial charge in [-0.15, -0.1) is 0 Å². The molecule has 1 aliphatic rings. The number of piperidine rings is 1. The summed E-state index contributed by atoms with van der Waals surface area (Å²) in [5.41, 5.74) is 2.41. The van der Waals surface area contributed by atoms with Crippen LogP contribution in [0.2, 0.25) is 0 Å². The molecule has 1 fully saturated rings. The first kappa shape index (κ1) is 15.8. The van der Waals surface area contributed by atoms with Gasteiger partial charge in [-0.3, -0.25) is 4.90 Å². The Bertz CT molecular complexity index is 461. The largest absolute Gasteiger partial charge is 0.476 e. The number of likely N-dealkylation sites (tertiary alicyclic amines) is 1. The first-order chi connectivity index (χ1) is 10.2. The van der Waals surface area contributed by atoms with E-state index < -0.39 is 0 Å². The van der Waals surface area contributed by atoms with Crippen LogP contribution in [-0.2, 0) is 0 Å².